The zero-order valence-electron chi connectivity index (χ0n) is 15.2. The highest BCUT2D eigenvalue weighted by Crippen LogP contribution is 2.39. The summed E-state index contributed by atoms with van der Waals surface area (Å²) < 4.78 is 5.47. The molecule has 140 valence electrons. The first-order valence-electron chi connectivity index (χ1n) is 9.31. The van der Waals surface area contributed by atoms with Crippen LogP contribution in [-0.4, -0.2) is 37.2 Å². The largest absolute Gasteiger partial charge is 0.378 e. The molecule has 1 N–H and O–H groups in total. The third-order valence-corrected chi connectivity index (χ3v) is 6.02. The SMILES string of the molecule is O=C1Nc2ccccc2/C1=C\c1sc(N2CCOCC2)nc1-c1ccccc1. The molecular weight excluding hydrogens is 370 g/mol. The van der Waals surface area contributed by atoms with E-state index in [4.69, 9.17) is 9.72 Å². The van der Waals surface area contributed by atoms with Crippen molar-refractivity contribution in [3.63, 3.8) is 0 Å². The number of anilines is 2. The van der Waals surface area contributed by atoms with Gasteiger partial charge in [0, 0.05) is 29.9 Å². The van der Waals surface area contributed by atoms with Gasteiger partial charge in [-0.05, 0) is 12.1 Å². The van der Waals surface area contributed by atoms with Gasteiger partial charge in [-0.2, -0.15) is 0 Å². The summed E-state index contributed by atoms with van der Waals surface area (Å²) in [6.07, 6.45) is 1.98. The van der Waals surface area contributed by atoms with Gasteiger partial charge in [0.15, 0.2) is 5.13 Å². The first-order valence-corrected chi connectivity index (χ1v) is 10.1. The number of thiazole rings is 1. The van der Waals surface area contributed by atoms with Crippen molar-refractivity contribution in [3.05, 3.63) is 65.0 Å². The fraction of sp³-hybridized carbons (Fsp3) is 0.182. The number of benzene rings is 2. The Morgan fingerprint density at radius 2 is 1.79 bits per heavy atom. The molecule has 0 bridgehead atoms. The Labute approximate surface area is 167 Å². The molecule has 0 unspecified atom stereocenters. The molecule has 3 heterocycles. The molecule has 5 rings (SSSR count). The lowest BCUT2D eigenvalue weighted by molar-refractivity contribution is -0.110. The molecule has 2 aromatic carbocycles. The van der Waals surface area contributed by atoms with Crippen LogP contribution in [0.1, 0.15) is 10.4 Å². The number of nitrogens with one attached hydrogen (secondary N) is 1. The highest BCUT2D eigenvalue weighted by molar-refractivity contribution is 7.17. The lowest BCUT2D eigenvalue weighted by Crippen LogP contribution is -2.36. The summed E-state index contributed by atoms with van der Waals surface area (Å²) in [7, 11) is 0. The number of carbonyl (C=O) groups excluding carboxylic acids is 1. The number of hydrogen-bond donors (Lipinski definition) is 1. The average Bonchev–Trinajstić information content (AvgIpc) is 3.31. The van der Waals surface area contributed by atoms with Gasteiger partial charge in [-0.3, -0.25) is 4.79 Å². The highest BCUT2D eigenvalue weighted by Gasteiger charge is 2.25. The fourth-order valence-corrected chi connectivity index (χ4v) is 4.61. The minimum atomic E-state index is -0.0680. The molecule has 2 aliphatic heterocycles. The third kappa shape index (κ3) is 3.10. The highest BCUT2D eigenvalue weighted by atomic mass is 32.1. The summed E-state index contributed by atoms with van der Waals surface area (Å²) in [6.45, 7) is 3.10. The molecule has 0 radical (unpaired) electrons. The predicted octanol–water partition coefficient (Wildman–Crippen LogP) is 4.14. The van der Waals surface area contributed by atoms with Crippen molar-refractivity contribution in [1.29, 1.82) is 0 Å². The van der Waals surface area contributed by atoms with Gasteiger partial charge in [-0.1, -0.05) is 59.9 Å². The van der Waals surface area contributed by atoms with Crippen molar-refractivity contribution >= 4 is 39.7 Å². The molecular formula is C22H19N3O2S. The molecule has 1 amide bonds. The Morgan fingerprint density at radius 3 is 2.61 bits per heavy atom. The number of fused-ring (bicyclic) bond motifs is 1. The van der Waals surface area contributed by atoms with Gasteiger partial charge in [0.05, 0.1) is 29.4 Å². The van der Waals surface area contributed by atoms with Gasteiger partial charge in [0.2, 0.25) is 0 Å². The molecule has 1 aromatic heterocycles. The smallest absolute Gasteiger partial charge is 0.256 e. The molecule has 1 fully saturated rings. The number of amides is 1. The zero-order valence-corrected chi connectivity index (χ0v) is 16.0. The molecule has 0 spiro atoms. The van der Waals surface area contributed by atoms with Crippen LogP contribution in [0.4, 0.5) is 10.8 Å². The first-order chi connectivity index (χ1) is 13.8. The molecule has 2 aliphatic rings. The Kier molecular flexibility index (Phi) is 4.43. The van der Waals surface area contributed by atoms with E-state index < -0.39 is 0 Å². The van der Waals surface area contributed by atoms with Crippen LogP contribution in [0.5, 0.6) is 0 Å². The van der Waals surface area contributed by atoms with E-state index >= 15 is 0 Å². The van der Waals surface area contributed by atoms with Gasteiger partial charge in [0.1, 0.15) is 0 Å². The molecule has 6 heteroatoms. The lowest BCUT2D eigenvalue weighted by atomic mass is 10.0. The van der Waals surface area contributed by atoms with E-state index in [0.29, 0.717) is 18.8 Å². The zero-order chi connectivity index (χ0) is 18.9. The van der Waals surface area contributed by atoms with E-state index in [1.54, 1.807) is 11.3 Å². The van der Waals surface area contributed by atoms with E-state index in [1.165, 1.54) is 0 Å². The van der Waals surface area contributed by atoms with Crippen molar-refractivity contribution in [1.82, 2.24) is 4.98 Å². The molecule has 0 atom stereocenters. The number of morpholine rings is 1. The van der Waals surface area contributed by atoms with Crippen molar-refractivity contribution in [2.24, 2.45) is 0 Å². The topological polar surface area (TPSA) is 54.5 Å². The van der Waals surface area contributed by atoms with E-state index in [0.717, 1.165) is 45.6 Å². The van der Waals surface area contributed by atoms with Gasteiger partial charge in [0.25, 0.3) is 5.91 Å². The van der Waals surface area contributed by atoms with Gasteiger partial charge in [-0.15, -0.1) is 0 Å². The maximum atomic E-state index is 12.6. The van der Waals surface area contributed by atoms with E-state index in [1.807, 2.05) is 48.5 Å². The van der Waals surface area contributed by atoms with E-state index in [-0.39, 0.29) is 5.91 Å². The lowest BCUT2D eigenvalue weighted by Gasteiger charge is -2.26. The summed E-state index contributed by atoms with van der Waals surface area (Å²) in [4.78, 5) is 20.8. The monoisotopic (exact) mass is 389 g/mol. The number of rotatable bonds is 3. The first kappa shape index (κ1) is 17.2. The number of para-hydroxylation sites is 1. The van der Waals surface area contributed by atoms with Crippen molar-refractivity contribution in [2.75, 3.05) is 36.5 Å². The van der Waals surface area contributed by atoms with Crippen LogP contribution in [-0.2, 0) is 9.53 Å². The molecule has 0 aliphatic carbocycles. The summed E-state index contributed by atoms with van der Waals surface area (Å²) >= 11 is 1.63. The summed E-state index contributed by atoms with van der Waals surface area (Å²) in [5, 5.41) is 3.92. The molecule has 0 saturated carbocycles. The second-order valence-corrected chi connectivity index (χ2v) is 7.74. The van der Waals surface area contributed by atoms with Crippen LogP contribution in [0.2, 0.25) is 0 Å². The van der Waals surface area contributed by atoms with Crippen LogP contribution in [0, 0.1) is 0 Å². The number of ether oxygens (including phenoxy) is 1. The van der Waals surface area contributed by atoms with Crippen LogP contribution < -0.4 is 10.2 Å². The quantitative estimate of drug-likeness (QED) is 0.684. The minimum Gasteiger partial charge on any atom is -0.378 e. The Morgan fingerprint density at radius 1 is 1.04 bits per heavy atom. The number of nitrogens with zero attached hydrogens (tertiary/aromatic N) is 2. The van der Waals surface area contributed by atoms with Crippen molar-refractivity contribution in [2.45, 2.75) is 0 Å². The second kappa shape index (κ2) is 7.22. The second-order valence-electron chi connectivity index (χ2n) is 6.73. The van der Waals surface area contributed by atoms with Gasteiger partial charge in [-0.25, -0.2) is 4.98 Å². The Hall–Kier alpha value is -2.96. The van der Waals surface area contributed by atoms with Gasteiger partial charge >= 0.3 is 0 Å². The van der Waals surface area contributed by atoms with Crippen LogP contribution in [0.3, 0.4) is 0 Å². The minimum absolute atomic E-state index is 0.0680. The summed E-state index contributed by atoms with van der Waals surface area (Å²) in [6, 6.07) is 17.9. The van der Waals surface area contributed by atoms with Gasteiger partial charge < -0.3 is 15.0 Å². The normalized spacial score (nSPS) is 17.6. The Balaban J connectivity index is 1.62. The van der Waals surface area contributed by atoms with Crippen molar-refractivity contribution < 1.29 is 9.53 Å². The van der Waals surface area contributed by atoms with E-state index in [9.17, 15) is 4.79 Å². The Bertz CT molecular complexity index is 1050. The average molecular weight is 389 g/mol. The van der Waals surface area contributed by atoms with E-state index in [2.05, 4.69) is 22.3 Å². The maximum Gasteiger partial charge on any atom is 0.256 e. The number of hydrogen-bond acceptors (Lipinski definition) is 5. The number of carbonyl (C=O) groups is 1. The molecule has 1 saturated heterocycles. The van der Waals surface area contributed by atoms with Crippen molar-refractivity contribution in [3.8, 4) is 11.3 Å². The van der Waals surface area contributed by atoms with Crippen LogP contribution in [0.25, 0.3) is 22.9 Å². The molecule has 5 nitrogen and oxygen atoms in total. The summed E-state index contributed by atoms with van der Waals surface area (Å²) in [5.41, 5.74) is 4.45. The maximum absolute atomic E-state index is 12.6. The summed E-state index contributed by atoms with van der Waals surface area (Å²) in [5.74, 6) is -0.0680. The molecule has 3 aromatic rings. The standard InChI is InChI=1S/C22H19N3O2S/c26-21-17(16-8-4-5-9-18(16)23-21)14-19-20(15-6-2-1-3-7-15)24-22(28-19)25-10-12-27-13-11-25/h1-9,14H,10-13H2,(H,23,26)/b17-14+. The number of aromatic nitrogens is 1. The fourth-order valence-electron chi connectivity index (χ4n) is 3.52. The molecule has 28 heavy (non-hydrogen) atoms. The van der Waals surface area contributed by atoms with Crippen LogP contribution >= 0.6 is 11.3 Å². The van der Waals surface area contributed by atoms with Crippen LogP contribution in [0.15, 0.2) is 54.6 Å². The predicted molar refractivity (Wildman–Crippen MR) is 114 cm³/mol. The third-order valence-electron chi connectivity index (χ3n) is 4.96.